The molecule has 2 N–H and O–H groups in total. The number of rotatable bonds is 5. The van der Waals surface area contributed by atoms with Gasteiger partial charge in [-0.15, -0.1) is 5.73 Å². The Bertz CT molecular complexity index is 157. The molecule has 0 aliphatic heterocycles. The molecule has 0 heterocycles. The first-order valence-corrected chi connectivity index (χ1v) is 4.28. The van der Waals surface area contributed by atoms with Gasteiger partial charge in [-0.2, -0.15) is 0 Å². The van der Waals surface area contributed by atoms with Crippen molar-refractivity contribution in [1.29, 1.82) is 0 Å². The summed E-state index contributed by atoms with van der Waals surface area (Å²) in [6.45, 7) is 7.12. The monoisotopic (exact) mass is 170 g/mol. The van der Waals surface area contributed by atoms with E-state index < -0.39 is 12.2 Å². The molecule has 0 aromatic heterocycles. The van der Waals surface area contributed by atoms with Crippen molar-refractivity contribution in [3.05, 3.63) is 18.4 Å². The van der Waals surface area contributed by atoms with Gasteiger partial charge in [0.2, 0.25) is 0 Å². The number of hydrogen-bond donors (Lipinski definition) is 2. The van der Waals surface area contributed by atoms with Crippen molar-refractivity contribution in [2.75, 3.05) is 0 Å². The summed E-state index contributed by atoms with van der Waals surface area (Å²) < 4.78 is 0. The molecule has 0 aliphatic carbocycles. The average molecular weight is 170 g/mol. The van der Waals surface area contributed by atoms with E-state index in [1.807, 2.05) is 13.0 Å². The second-order valence-electron chi connectivity index (χ2n) is 3.32. The molecule has 0 aromatic carbocycles. The van der Waals surface area contributed by atoms with E-state index in [9.17, 15) is 5.11 Å². The molecule has 0 bridgehead atoms. The van der Waals surface area contributed by atoms with Gasteiger partial charge in [0, 0.05) is 0 Å². The highest BCUT2D eigenvalue weighted by Crippen LogP contribution is 2.10. The smallest absolute Gasteiger partial charge is 0.0570 e. The topological polar surface area (TPSA) is 40.5 Å². The van der Waals surface area contributed by atoms with Crippen LogP contribution in [0.15, 0.2) is 18.4 Å². The van der Waals surface area contributed by atoms with Gasteiger partial charge < -0.3 is 10.2 Å². The summed E-state index contributed by atoms with van der Waals surface area (Å²) in [7, 11) is 0. The fourth-order valence-corrected chi connectivity index (χ4v) is 1.19. The van der Waals surface area contributed by atoms with Crippen LogP contribution in [0.3, 0.4) is 0 Å². The Morgan fingerprint density at radius 2 is 1.92 bits per heavy atom. The third kappa shape index (κ3) is 6.17. The number of hydrogen-bond acceptors (Lipinski definition) is 2. The van der Waals surface area contributed by atoms with Crippen molar-refractivity contribution in [3.63, 3.8) is 0 Å². The highest BCUT2D eigenvalue weighted by atomic mass is 16.3. The van der Waals surface area contributed by atoms with E-state index in [0.29, 0.717) is 12.8 Å². The predicted octanol–water partition coefficient (Wildman–Crippen LogP) is 1.49. The Balaban J connectivity index is 3.67. The van der Waals surface area contributed by atoms with Crippen LogP contribution in [0.2, 0.25) is 0 Å². The lowest BCUT2D eigenvalue weighted by molar-refractivity contribution is 0.0794. The van der Waals surface area contributed by atoms with Crippen LogP contribution in [0.5, 0.6) is 0 Å². The molecule has 70 valence electrons. The van der Waals surface area contributed by atoms with Crippen LogP contribution in [0.1, 0.15) is 26.7 Å². The summed E-state index contributed by atoms with van der Waals surface area (Å²) in [5, 5.41) is 18.4. The first-order chi connectivity index (χ1) is 5.56. The van der Waals surface area contributed by atoms with Gasteiger partial charge in [-0.05, 0) is 31.8 Å². The molecule has 0 rings (SSSR count). The van der Waals surface area contributed by atoms with Crippen LogP contribution in [0, 0.1) is 5.92 Å². The highest BCUT2D eigenvalue weighted by Gasteiger charge is 2.10. The second kappa shape index (κ2) is 6.01. The molecular weight excluding hydrogens is 152 g/mol. The molecule has 2 heteroatoms. The first-order valence-electron chi connectivity index (χ1n) is 4.28. The average Bonchev–Trinajstić information content (AvgIpc) is 1.84. The van der Waals surface area contributed by atoms with E-state index in [-0.39, 0.29) is 5.92 Å². The fourth-order valence-electron chi connectivity index (χ4n) is 1.19. The largest absolute Gasteiger partial charge is 0.393 e. The van der Waals surface area contributed by atoms with Gasteiger partial charge in [-0.25, -0.2) is 0 Å². The number of aliphatic hydroxyl groups excluding tert-OH is 2. The zero-order chi connectivity index (χ0) is 9.56. The molecule has 0 fully saturated rings. The third-order valence-electron chi connectivity index (χ3n) is 1.66. The van der Waals surface area contributed by atoms with Gasteiger partial charge in [0.1, 0.15) is 0 Å². The highest BCUT2D eigenvalue weighted by molar-refractivity contribution is 4.83. The molecule has 0 aromatic rings. The second-order valence-corrected chi connectivity index (χ2v) is 3.32. The van der Waals surface area contributed by atoms with Crippen molar-refractivity contribution in [2.45, 2.75) is 38.9 Å². The normalized spacial score (nSPS) is 17.7. The molecule has 0 radical (unpaired) electrons. The minimum absolute atomic E-state index is 0.274. The quantitative estimate of drug-likeness (QED) is 0.614. The molecular formula is C10H18O2. The van der Waals surface area contributed by atoms with Crippen LogP contribution >= 0.6 is 0 Å². The van der Waals surface area contributed by atoms with E-state index in [2.05, 4.69) is 12.3 Å². The summed E-state index contributed by atoms with van der Waals surface area (Å²) in [5.74, 6) is 0.274. The fraction of sp³-hybridized carbons (Fsp3) is 0.700. The zero-order valence-electron chi connectivity index (χ0n) is 7.83. The van der Waals surface area contributed by atoms with Crippen LogP contribution in [0.25, 0.3) is 0 Å². The molecule has 0 amide bonds. The Labute approximate surface area is 74.2 Å². The minimum atomic E-state index is -0.431. The molecule has 2 nitrogen and oxygen atoms in total. The summed E-state index contributed by atoms with van der Waals surface area (Å²) in [6, 6.07) is 0. The van der Waals surface area contributed by atoms with Crippen molar-refractivity contribution in [3.8, 4) is 0 Å². The molecule has 3 atom stereocenters. The van der Waals surface area contributed by atoms with Gasteiger partial charge in [-0.3, -0.25) is 0 Å². The first kappa shape index (κ1) is 11.4. The third-order valence-corrected chi connectivity index (χ3v) is 1.66. The summed E-state index contributed by atoms with van der Waals surface area (Å²) in [4.78, 5) is 0. The van der Waals surface area contributed by atoms with E-state index in [1.54, 1.807) is 6.92 Å². The van der Waals surface area contributed by atoms with Crippen LogP contribution < -0.4 is 0 Å². The standard InChI is InChI=1S/C10H18O2/c1-4-5-8(2)6-10(12)7-9(3)11/h5,8-12H,1,6-7H2,2-3H3. The lowest BCUT2D eigenvalue weighted by Crippen LogP contribution is -2.16. The Hall–Kier alpha value is -0.560. The Morgan fingerprint density at radius 1 is 1.33 bits per heavy atom. The SMILES string of the molecule is C=C=CC(C)CC(O)CC(C)O. The van der Waals surface area contributed by atoms with E-state index in [4.69, 9.17) is 5.11 Å². The van der Waals surface area contributed by atoms with Crippen LogP contribution in [-0.4, -0.2) is 22.4 Å². The van der Waals surface area contributed by atoms with Gasteiger partial charge in [0.25, 0.3) is 0 Å². The van der Waals surface area contributed by atoms with E-state index in [1.165, 1.54) is 0 Å². The Kier molecular flexibility index (Phi) is 5.73. The van der Waals surface area contributed by atoms with Crippen molar-refractivity contribution in [2.24, 2.45) is 5.92 Å². The molecule has 12 heavy (non-hydrogen) atoms. The lowest BCUT2D eigenvalue weighted by atomic mass is 10.00. The maximum atomic E-state index is 9.39. The van der Waals surface area contributed by atoms with Crippen LogP contribution in [-0.2, 0) is 0 Å². The molecule has 0 spiro atoms. The summed E-state index contributed by atoms with van der Waals surface area (Å²) >= 11 is 0. The van der Waals surface area contributed by atoms with E-state index in [0.717, 1.165) is 0 Å². The van der Waals surface area contributed by atoms with E-state index >= 15 is 0 Å². The zero-order valence-corrected chi connectivity index (χ0v) is 7.83. The van der Waals surface area contributed by atoms with Gasteiger partial charge >= 0.3 is 0 Å². The van der Waals surface area contributed by atoms with Crippen molar-refractivity contribution in [1.82, 2.24) is 0 Å². The Morgan fingerprint density at radius 3 is 2.33 bits per heavy atom. The predicted molar refractivity (Wildman–Crippen MR) is 49.8 cm³/mol. The maximum absolute atomic E-state index is 9.39. The molecule has 0 saturated heterocycles. The van der Waals surface area contributed by atoms with Crippen molar-refractivity contribution < 1.29 is 10.2 Å². The summed E-state index contributed by atoms with van der Waals surface area (Å²) in [6.07, 6.45) is 2.07. The van der Waals surface area contributed by atoms with Gasteiger partial charge in [0.05, 0.1) is 12.2 Å². The molecule has 3 unspecified atom stereocenters. The molecule has 0 saturated carbocycles. The number of allylic oxidation sites excluding steroid dienone is 1. The number of aliphatic hydroxyl groups is 2. The molecule has 0 aliphatic rings. The lowest BCUT2D eigenvalue weighted by Gasteiger charge is -2.14. The summed E-state index contributed by atoms with van der Waals surface area (Å²) in [5.41, 5.74) is 2.68. The maximum Gasteiger partial charge on any atom is 0.0570 e. The van der Waals surface area contributed by atoms with Crippen molar-refractivity contribution >= 4 is 0 Å². The van der Waals surface area contributed by atoms with Gasteiger partial charge in [-0.1, -0.05) is 13.5 Å². The minimum Gasteiger partial charge on any atom is -0.393 e. The van der Waals surface area contributed by atoms with Crippen LogP contribution in [0.4, 0.5) is 0 Å². The van der Waals surface area contributed by atoms with Gasteiger partial charge in [0.15, 0.2) is 0 Å².